The average molecular weight is 493 g/mol. The summed E-state index contributed by atoms with van der Waals surface area (Å²) in [6.45, 7) is 6.53. The van der Waals surface area contributed by atoms with E-state index in [1.165, 1.54) is 16.9 Å². The van der Waals surface area contributed by atoms with E-state index in [0.29, 0.717) is 16.5 Å². The van der Waals surface area contributed by atoms with E-state index < -0.39 is 0 Å². The van der Waals surface area contributed by atoms with Crippen LogP contribution >= 0.6 is 11.3 Å². The standard InChI is InChI=1S/C26H32N6O2S/c1-14-9-10-34-26(14)13-32(12-20(26)27)21-8-4-16-11-17(5-7-19(16)31-21)30-24(33)23-22(28)18-6-3-15(2)29-25(18)35-23/h3-4,6,8,14,17,20H,5,7,9-13,27-28H2,1-2H3,(H,30,33)/t14-,17+,20-,26-/m1/s1. The van der Waals surface area contributed by atoms with Crippen LogP contribution in [0.3, 0.4) is 0 Å². The number of carbonyl (C=O) groups excluding carboxylic acids is 1. The number of hydrogen-bond donors (Lipinski definition) is 3. The van der Waals surface area contributed by atoms with Crippen molar-refractivity contribution < 1.29 is 9.53 Å². The van der Waals surface area contributed by atoms with Gasteiger partial charge in [-0.25, -0.2) is 9.97 Å². The van der Waals surface area contributed by atoms with Crippen molar-refractivity contribution in [2.75, 3.05) is 30.3 Å². The lowest BCUT2D eigenvalue weighted by molar-refractivity contribution is -0.0109. The lowest BCUT2D eigenvalue weighted by Gasteiger charge is -2.31. The Hall–Kier alpha value is -2.75. The third-order valence-corrected chi connectivity index (χ3v) is 9.20. The zero-order valence-corrected chi connectivity index (χ0v) is 21.0. The Labute approximate surface area is 209 Å². The van der Waals surface area contributed by atoms with Gasteiger partial charge in [-0.1, -0.05) is 13.0 Å². The number of amides is 1. The fraction of sp³-hybridized carbons (Fsp3) is 0.500. The molecular formula is C26H32N6O2S. The number of nitrogens with one attached hydrogen (secondary N) is 1. The predicted molar refractivity (Wildman–Crippen MR) is 139 cm³/mol. The summed E-state index contributed by atoms with van der Waals surface area (Å²) < 4.78 is 6.16. The van der Waals surface area contributed by atoms with E-state index >= 15 is 0 Å². The summed E-state index contributed by atoms with van der Waals surface area (Å²) in [5.41, 5.74) is 16.3. The van der Waals surface area contributed by atoms with Crippen molar-refractivity contribution >= 4 is 39.0 Å². The van der Waals surface area contributed by atoms with Crippen LogP contribution in [-0.2, 0) is 17.6 Å². The molecule has 1 amide bonds. The highest BCUT2D eigenvalue weighted by Crippen LogP contribution is 2.40. The number of nitrogens with zero attached hydrogens (tertiary/aromatic N) is 3. The van der Waals surface area contributed by atoms with E-state index in [2.05, 4.69) is 34.3 Å². The van der Waals surface area contributed by atoms with Crippen LogP contribution in [0.25, 0.3) is 10.2 Å². The maximum Gasteiger partial charge on any atom is 0.263 e. The Bertz CT molecular complexity index is 1310. The lowest BCUT2D eigenvalue weighted by atomic mass is 9.85. The first-order valence-electron chi connectivity index (χ1n) is 12.4. The van der Waals surface area contributed by atoms with Crippen molar-refractivity contribution in [1.82, 2.24) is 15.3 Å². The van der Waals surface area contributed by atoms with Gasteiger partial charge < -0.3 is 26.4 Å². The van der Waals surface area contributed by atoms with Gasteiger partial charge in [-0.3, -0.25) is 4.79 Å². The fourth-order valence-corrected chi connectivity index (χ4v) is 6.98. The predicted octanol–water partition coefficient (Wildman–Crippen LogP) is 2.81. The molecule has 35 heavy (non-hydrogen) atoms. The molecule has 0 aromatic carbocycles. The van der Waals surface area contributed by atoms with Gasteiger partial charge in [0, 0.05) is 36.0 Å². The molecule has 1 spiro atoms. The number of rotatable bonds is 3. The molecule has 0 unspecified atom stereocenters. The summed E-state index contributed by atoms with van der Waals surface area (Å²) in [5, 5.41) is 4.04. The number of carbonyl (C=O) groups is 1. The third-order valence-electron chi connectivity index (χ3n) is 8.09. The zero-order valence-electron chi connectivity index (χ0n) is 20.2. The van der Waals surface area contributed by atoms with Gasteiger partial charge >= 0.3 is 0 Å². The summed E-state index contributed by atoms with van der Waals surface area (Å²) in [7, 11) is 0. The SMILES string of the molecule is Cc1ccc2c(N)c(C(=O)N[C@H]3CCc4nc(N5C[C@@H](N)[C@]6(C5)OCC[C@H]6C)ccc4C3)sc2n1. The molecule has 0 radical (unpaired) electrons. The van der Waals surface area contributed by atoms with Gasteiger partial charge in [0.1, 0.15) is 21.1 Å². The Morgan fingerprint density at radius 2 is 2.11 bits per heavy atom. The van der Waals surface area contributed by atoms with E-state index in [4.69, 9.17) is 21.2 Å². The highest BCUT2D eigenvalue weighted by molar-refractivity contribution is 7.21. The molecule has 3 aromatic heterocycles. The number of aromatic nitrogens is 2. The largest absolute Gasteiger partial charge is 0.397 e. The summed E-state index contributed by atoms with van der Waals surface area (Å²) in [6.07, 6.45) is 3.51. The van der Waals surface area contributed by atoms with E-state index in [1.54, 1.807) is 0 Å². The number of fused-ring (bicyclic) bond motifs is 2. The highest BCUT2D eigenvalue weighted by Gasteiger charge is 2.52. The van der Waals surface area contributed by atoms with E-state index in [-0.39, 0.29) is 23.6 Å². The molecule has 3 aliphatic rings. The molecule has 1 aliphatic carbocycles. The highest BCUT2D eigenvalue weighted by atomic mass is 32.1. The Morgan fingerprint density at radius 1 is 1.26 bits per heavy atom. The molecule has 2 fully saturated rings. The number of ether oxygens (including phenoxy) is 1. The summed E-state index contributed by atoms with van der Waals surface area (Å²) in [5.74, 6) is 1.31. The Balaban J connectivity index is 1.15. The first kappa shape index (κ1) is 22.7. The van der Waals surface area contributed by atoms with E-state index in [0.717, 1.165) is 72.8 Å². The molecule has 4 atom stereocenters. The average Bonchev–Trinajstić information content (AvgIpc) is 3.49. The van der Waals surface area contributed by atoms with Crippen LogP contribution in [0.2, 0.25) is 0 Å². The van der Waals surface area contributed by atoms with Gasteiger partial charge in [0.15, 0.2) is 0 Å². The maximum atomic E-state index is 13.1. The van der Waals surface area contributed by atoms with Crippen LogP contribution in [0.1, 0.15) is 46.4 Å². The molecule has 6 rings (SSSR count). The minimum atomic E-state index is -0.254. The second kappa shape index (κ2) is 8.43. The van der Waals surface area contributed by atoms with Crippen LogP contribution in [0.5, 0.6) is 0 Å². The maximum absolute atomic E-state index is 13.1. The van der Waals surface area contributed by atoms with E-state index in [1.807, 2.05) is 19.1 Å². The molecule has 3 aromatic rings. The molecule has 2 aliphatic heterocycles. The number of nitrogen functional groups attached to an aromatic ring is 1. The quantitative estimate of drug-likeness (QED) is 0.514. The van der Waals surface area contributed by atoms with Crippen molar-refractivity contribution in [3.63, 3.8) is 0 Å². The van der Waals surface area contributed by atoms with Crippen molar-refractivity contribution in [2.24, 2.45) is 11.7 Å². The summed E-state index contributed by atoms with van der Waals surface area (Å²) in [6, 6.07) is 8.16. The molecular weight excluding hydrogens is 460 g/mol. The van der Waals surface area contributed by atoms with Crippen molar-refractivity contribution in [2.45, 2.75) is 57.2 Å². The number of aryl methyl sites for hydroxylation is 2. The van der Waals surface area contributed by atoms with Gasteiger partial charge in [0.05, 0.1) is 18.3 Å². The third kappa shape index (κ3) is 3.77. The van der Waals surface area contributed by atoms with Gasteiger partial charge in [0.25, 0.3) is 5.91 Å². The second-order valence-electron chi connectivity index (χ2n) is 10.3. The van der Waals surface area contributed by atoms with Crippen LogP contribution in [0.15, 0.2) is 24.3 Å². The normalized spacial score (nSPS) is 28.1. The second-order valence-corrected chi connectivity index (χ2v) is 11.3. The Kier molecular flexibility index (Phi) is 5.47. The molecule has 5 heterocycles. The van der Waals surface area contributed by atoms with Crippen LogP contribution in [0.4, 0.5) is 11.5 Å². The van der Waals surface area contributed by atoms with Gasteiger partial charge in [-0.15, -0.1) is 11.3 Å². The van der Waals surface area contributed by atoms with Crippen LogP contribution in [-0.4, -0.2) is 53.3 Å². The molecule has 2 saturated heterocycles. The summed E-state index contributed by atoms with van der Waals surface area (Å²) in [4.78, 5) is 26.2. The number of thiophene rings is 1. The first-order valence-corrected chi connectivity index (χ1v) is 13.3. The number of pyridine rings is 2. The molecule has 5 N–H and O–H groups in total. The molecule has 184 valence electrons. The van der Waals surface area contributed by atoms with Gasteiger partial charge in [0.2, 0.25) is 0 Å². The fourth-order valence-electron chi connectivity index (χ4n) is 5.94. The molecule has 9 heteroatoms. The topological polar surface area (TPSA) is 119 Å². The van der Waals surface area contributed by atoms with Crippen molar-refractivity contribution in [3.05, 3.63) is 46.1 Å². The monoisotopic (exact) mass is 492 g/mol. The van der Waals surface area contributed by atoms with Crippen LogP contribution in [0, 0.1) is 12.8 Å². The summed E-state index contributed by atoms with van der Waals surface area (Å²) >= 11 is 1.36. The zero-order chi connectivity index (χ0) is 24.3. The molecule has 8 nitrogen and oxygen atoms in total. The minimum absolute atomic E-state index is 0.00197. The van der Waals surface area contributed by atoms with Gasteiger partial charge in [-0.05, 0) is 62.3 Å². The molecule has 0 saturated carbocycles. The minimum Gasteiger partial charge on any atom is -0.397 e. The first-order chi connectivity index (χ1) is 16.8. The number of nitrogens with two attached hydrogens (primary N) is 2. The molecule has 0 bridgehead atoms. The van der Waals surface area contributed by atoms with Crippen molar-refractivity contribution in [1.29, 1.82) is 0 Å². The van der Waals surface area contributed by atoms with Crippen LogP contribution < -0.4 is 21.7 Å². The van der Waals surface area contributed by atoms with E-state index in [9.17, 15) is 4.79 Å². The van der Waals surface area contributed by atoms with Gasteiger partial charge in [-0.2, -0.15) is 0 Å². The van der Waals surface area contributed by atoms with Crippen molar-refractivity contribution in [3.8, 4) is 0 Å². The number of anilines is 2. The lowest BCUT2D eigenvalue weighted by Crippen LogP contribution is -2.50. The Morgan fingerprint density at radius 3 is 2.91 bits per heavy atom. The number of hydrogen-bond acceptors (Lipinski definition) is 8. The smallest absolute Gasteiger partial charge is 0.263 e.